The predicted octanol–water partition coefficient (Wildman–Crippen LogP) is 3.02. The van der Waals surface area contributed by atoms with Crippen LogP contribution in [0.15, 0.2) is 42.5 Å². The minimum atomic E-state index is -0.258. The number of fused-ring (bicyclic) bond motifs is 6. The van der Waals surface area contributed by atoms with Crippen molar-refractivity contribution in [3.8, 4) is 18.1 Å². The SMILES string of the molecule is C#CCN1c2ccccc2C(=O)N2CCc3c([nH]c4ccc(O)cc34)C21. The Hall–Kier alpha value is -3.39. The first-order chi connectivity index (χ1) is 12.7. The van der Waals surface area contributed by atoms with Crippen molar-refractivity contribution in [2.75, 3.05) is 18.0 Å². The van der Waals surface area contributed by atoms with Crippen molar-refractivity contribution in [2.45, 2.75) is 12.6 Å². The van der Waals surface area contributed by atoms with Crippen molar-refractivity contribution < 1.29 is 9.90 Å². The van der Waals surface area contributed by atoms with Crippen molar-refractivity contribution in [3.63, 3.8) is 0 Å². The van der Waals surface area contributed by atoms with Crippen molar-refractivity contribution >= 4 is 22.5 Å². The van der Waals surface area contributed by atoms with Gasteiger partial charge in [-0.3, -0.25) is 4.79 Å². The van der Waals surface area contributed by atoms with Crippen LogP contribution in [-0.2, 0) is 6.42 Å². The van der Waals surface area contributed by atoms with Gasteiger partial charge in [0, 0.05) is 17.4 Å². The lowest BCUT2D eigenvalue weighted by atomic mass is 9.95. The topological polar surface area (TPSA) is 59.6 Å². The summed E-state index contributed by atoms with van der Waals surface area (Å²) in [4.78, 5) is 20.5. The number of aromatic hydroxyl groups is 1. The normalized spacial score (nSPS) is 18.3. The Bertz CT molecular complexity index is 1090. The minimum Gasteiger partial charge on any atom is -0.508 e. The quantitative estimate of drug-likeness (QED) is 0.668. The first-order valence-electron chi connectivity index (χ1n) is 8.62. The highest BCUT2D eigenvalue weighted by Crippen LogP contribution is 2.43. The number of anilines is 1. The standard InChI is InChI=1S/C21H17N3O2/c1-2-10-23-18-6-4-3-5-15(18)21(26)24-11-9-14-16-12-13(25)7-8-17(16)22-19(14)20(23)24/h1,3-8,12,20,22,25H,9-11H2. The number of H-pyrrole nitrogens is 1. The fraction of sp³-hybridized carbons (Fsp3) is 0.190. The van der Waals surface area contributed by atoms with Crippen LogP contribution in [0.3, 0.4) is 0 Å². The molecule has 3 aromatic rings. The smallest absolute Gasteiger partial charge is 0.257 e. The van der Waals surface area contributed by atoms with E-state index in [1.165, 1.54) is 0 Å². The summed E-state index contributed by atoms with van der Waals surface area (Å²) in [6, 6.07) is 12.9. The molecule has 2 aromatic carbocycles. The van der Waals surface area contributed by atoms with Gasteiger partial charge in [-0.2, -0.15) is 0 Å². The average molecular weight is 343 g/mol. The number of aromatic nitrogens is 1. The fourth-order valence-corrected chi connectivity index (χ4v) is 4.25. The van der Waals surface area contributed by atoms with Crippen molar-refractivity contribution in [1.29, 1.82) is 0 Å². The van der Waals surface area contributed by atoms with Crippen LogP contribution in [0.2, 0.25) is 0 Å². The van der Waals surface area contributed by atoms with Crippen LogP contribution in [0.4, 0.5) is 5.69 Å². The molecule has 1 atom stereocenters. The third-order valence-corrected chi connectivity index (χ3v) is 5.34. The number of nitrogens with zero attached hydrogens (tertiary/aromatic N) is 2. The van der Waals surface area contributed by atoms with Gasteiger partial charge in [-0.1, -0.05) is 18.1 Å². The Morgan fingerprint density at radius 3 is 2.96 bits per heavy atom. The second-order valence-electron chi connectivity index (χ2n) is 6.72. The zero-order valence-corrected chi connectivity index (χ0v) is 14.1. The number of para-hydroxylation sites is 1. The number of amides is 1. The molecular weight excluding hydrogens is 326 g/mol. The number of hydrogen-bond acceptors (Lipinski definition) is 3. The molecule has 1 aromatic heterocycles. The molecule has 3 heterocycles. The molecule has 5 nitrogen and oxygen atoms in total. The van der Waals surface area contributed by atoms with Crippen molar-refractivity contribution in [2.24, 2.45) is 0 Å². The molecule has 0 saturated heterocycles. The highest BCUT2D eigenvalue weighted by Gasteiger charge is 2.42. The van der Waals surface area contributed by atoms with Gasteiger partial charge >= 0.3 is 0 Å². The average Bonchev–Trinajstić information content (AvgIpc) is 3.03. The summed E-state index contributed by atoms with van der Waals surface area (Å²) in [6.07, 6.45) is 6.14. The van der Waals surface area contributed by atoms with Gasteiger partial charge in [-0.25, -0.2) is 0 Å². The predicted molar refractivity (Wildman–Crippen MR) is 100 cm³/mol. The molecule has 0 fully saturated rings. The first kappa shape index (κ1) is 14.9. The number of terminal acetylenes is 1. The lowest BCUT2D eigenvalue weighted by Crippen LogP contribution is -2.52. The van der Waals surface area contributed by atoms with E-state index in [9.17, 15) is 9.90 Å². The maximum absolute atomic E-state index is 13.1. The second kappa shape index (κ2) is 5.30. The number of benzene rings is 2. The third kappa shape index (κ3) is 1.90. The van der Waals surface area contributed by atoms with Gasteiger partial charge in [0.25, 0.3) is 5.91 Å². The summed E-state index contributed by atoms with van der Waals surface area (Å²) < 4.78 is 0. The second-order valence-corrected chi connectivity index (χ2v) is 6.72. The highest BCUT2D eigenvalue weighted by molar-refractivity contribution is 6.02. The monoisotopic (exact) mass is 343 g/mol. The van der Waals surface area contributed by atoms with E-state index in [4.69, 9.17) is 6.42 Å². The number of hydrogen-bond donors (Lipinski definition) is 2. The molecule has 128 valence electrons. The largest absolute Gasteiger partial charge is 0.508 e. The Kier molecular flexibility index (Phi) is 3.04. The van der Waals surface area contributed by atoms with Gasteiger partial charge in [-0.15, -0.1) is 6.42 Å². The third-order valence-electron chi connectivity index (χ3n) is 5.34. The summed E-state index contributed by atoms with van der Waals surface area (Å²) in [5, 5.41) is 10.9. The Labute approximate surface area is 150 Å². The summed E-state index contributed by atoms with van der Waals surface area (Å²) in [7, 11) is 0. The summed E-state index contributed by atoms with van der Waals surface area (Å²) >= 11 is 0. The van der Waals surface area contributed by atoms with E-state index < -0.39 is 0 Å². The van der Waals surface area contributed by atoms with Gasteiger partial charge in [0.1, 0.15) is 11.9 Å². The van der Waals surface area contributed by atoms with Crippen LogP contribution in [0.5, 0.6) is 5.75 Å². The van der Waals surface area contributed by atoms with Crippen LogP contribution in [0, 0.1) is 12.3 Å². The summed E-state index contributed by atoms with van der Waals surface area (Å²) in [5.41, 5.74) is 4.64. The zero-order valence-electron chi connectivity index (χ0n) is 14.1. The van der Waals surface area contributed by atoms with Crippen LogP contribution >= 0.6 is 0 Å². The van der Waals surface area contributed by atoms with Gasteiger partial charge < -0.3 is 19.9 Å². The Morgan fingerprint density at radius 1 is 1.27 bits per heavy atom. The van der Waals surface area contributed by atoms with Gasteiger partial charge in [-0.05, 0) is 42.3 Å². The molecule has 0 radical (unpaired) electrons. The first-order valence-corrected chi connectivity index (χ1v) is 8.62. The van der Waals surface area contributed by atoms with Crippen LogP contribution in [-0.4, -0.2) is 34.0 Å². The summed E-state index contributed by atoms with van der Waals surface area (Å²) in [5.74, 6) is 3.01. The highest BCUT2D eigenvalue weighted by atomic mass is 16.3. The molecule has 1 amide bonds. The number of carbonyl (C=O) groups excluding carboxylic acids is 1. The molecule has 0 bridgehead atoms. The number of aromatic amines is 1. The van der Waals surface area contributed by atoms with Crippen LogP contribution in [0.1, 0.15) is 27.8 Å². The Balaban J connectivity index is 1.75. The maximum atomic E-state index is 13.1. The van der Waals surface area contributed by atoms with Crippen molar-refractivity contribution in [3.05, 3.63) is 59.3 Å². The van der Waals surface area contributed by atoms with E-state index in [0.29, 0.717) is 18.7 Å². The number of phenolic OH excluding ortho intramolecular Hbond substituents is 1. The van der Waals surface area contributed by atoms with E-state index in [2.05, 4.69) is 15.8 Å². The molecule has 5 rings (SSSR count). The molecule has 0 aliphatic carbocycles. The van der Waals surface area contributed by atoms with Gasteiger partial charge in [0.15, 0.2) is 0 Å². The number of rotatable bonds is 1. The molecule has 5 heteroatoms. The van der Waals surface area contributed by atoms with E-state index in [1.54, 1.807) is 12.1 Å². The molecule has 0 spiro atoms. The number of phenols is 1. The van der Waals surface area contributed by atoms with Crippen LogP contribution < -0.4 is 4.90 Å². The van der Waals surface area contributed by atoms with E-state index >= 15 is 0 Å². The molecule has 2 aliphatic heterocycles. The van der Waals surface area contributed by atoms with E-state index in [0.717, 1.165) is 34.3 Å². The molecule has 1 unspecified atom stereocenters. The number of carbonyl (C=O) groups is 1. The molecular formula is C21H17N3O2. The molecule has 26 heavy (non-hydrogen) atoms. The van der Waals surface area contributed by atoms with Gasteiger partial charge in [0.05, 0.1) is 23.5 Å². The Morgan fingerprint density at radius 2 is 2.12 bits per heavy atom. The molecule has 2 aliphatic rings. The lowest BCUT2D eigenvalue weighted by Gasteiger charge is -2.47. The van der Waals surface area contributed by atoms with E-state index in [-0.39, 0.29) is 17.8 Å². The zero-order chi connectivity index (χ0) is 17.8. The number of nitrogens with one attached hydrogen (secondary N) is 1. The lowest BCUT2D eigenvalue weighted by molar-refractivity contribution is 0.0631. The van der Waals surface area contributed by atoms with E-state index in [1.807, 2.05) is 35.2 Å². The molecule has 2 N–H and O–H groups in total. The van der Waals surface area contributed by atoms with Crippen LogP contribution in [0.25, 0.3) is 10.9 Å². The summed E-state index contributed by atoms with van der Waals surface area (Å²) in [6.45, 7) is 1.03. The fourth-order valence-electron chi connectivity index (χ4n) is 4.25. The molecule has 0 saturated carbocycles. The maximum Gasteiger partial charge on any atom is 0.257 e. The minimum absolute atomic E-state index is 0.0334. The van der Waals surface area contributed by atoms with Crippen molar-refractivity contribution in [1.82, 2.24) is 9.88 Å². The van der Waals surface area contributed by atoms with Gasteiger partial charge in [0.2, 0.25) is 0 Å².